The van der Waals surface area contributed by atoms with Crippen molar-refractivity contribution in [2.45, 2.75) is 32.4 Å². The van der Waals surface area contributed by atoms with Crippen LogP contribution >= 0.6 is 0 Å². The Hall–Kier alpha value is -2.53. The second kappa shape index (κ2) is 8.91. The molecule has 1 saturated heterocycles. The van der Waals surface area contributed by atoms with Crippen molar-refractivity contribution in [3.63, 3.8) is 0 Å². The highest BCUT2D eigenvalue weighted by atomic mass is 16.5. The van der Waals surface area contributed by atoms with E-state index in [-0.39, 0.29) is 12.6 Å². The Morgan fingerprint density at radius 1 is 1.11 bits per heavy atom. The van der Waals surface area contributed by atoms with E-state index < -0.39 is 5.97 Å². The number of hydrogen-bond acceptors (Lipinski definition) is 4. The van der Waals surface area contributed by atoms with Crippen molar-refractivity contribution >= 4 is 11.7 Å². The maximum absolute atomic E-state index is 11.4. The highest BCUT2D eigenvalue weighted by Gasteiger charge is 2.26. The van der Waals surface area contributed by atoms with Crippen LogP contribution in [0.25, 0.3) is 0 Å². The molecule has 1 N–H and O–H groups in total. The number of aliphatic carboxylic acids is 1. The fourth-order valence-corrected chi connectivity index (χ4v) is 3.70. The molecule has 0 aromatic heterocycles. The molecule has 2 aromatic carbocycles. The number of carboxylic acid groups (broad SMARTS) is 1. The molecule has 5 heteroatoms. The van der Waals surface area contributed by atoms with Gasteiger partial charge in [0, 0.05) is 31.4 Å². The van der Waals surface area contributed by atoms with Crippen LogP contribution < -0.4 is 9.64 Å². The fourth-order valence-electron chi connectivity index (χ4n) is 3.70. The van der Waals surface area contributed by atoms with Gasteiger partial charge in [0.2, 0.25) is 0 Å². The van der Waals surface area contributed by atoms with Gasteiger partial charge in [-0.3, -0.25) is 9.69 Å². The van der Waals surface area contributed by atoms with Crippen LogP contribution in [0.1, 0.15) is 24.0 Å². The largest absolute Gasteiger partial charge is 0.497 e. The standard InChI is InChI=1S/C22H28N2O3/c1-17-3-7-19(8-4-17)23-13-11-20(12-14-23)24(16-22(25)26)15-18-5-9-21(27-2)10-6-18/h3-10,20H,11-16H2,1-2H3,(H,25,26). The zero-order chi connectivity index (χ0) is 19.2. The molecule has 0 amide bonds. The zero-order valence-corrected chi connectivity index (χ0v) is 16.1. The number of anilines is 1. The molecule has 1 aliphatic heterocycles. The number of carbonyl (C=O) groups is 1. The minimum absolute atomic E-state index is 0.0707. The molecule has 3 rings (SSSR count). The lowest BCUT2D eigenvalue weighted by Gasteiger charge is -2.39. The smallest absolute Gasteiger partial charge is 0.317 e. The minimum Gasteiger partial charge on any atom is -0.497 e. The van der Waals surface area contributed by atoms with Gasteiger partial charge in [-0.15, -0.1) is 0 Å². The predicted molar refractivity (Wildman–Crippen MR) is 107 cm³/mol. The summed E-state index contributed by atoms with van der Waals surface area (Å²) in [6, 6.07) is 16.8. The van der Waals surface area contributed by atoms with Crippen LogP contribution in [0.3, 0.4) is 0 Å². The Morgan fingerprint density at radius 3 is 2.30 bits per heavy atom. The molecule has 0 saturated carbocycles. The lowest BCUT2D eigenvalue weighted by atomic mass is 10.0. The Bertz CT molecular complexity index is 735. The molecule has 2 aromatic rings. The van der Waals surface area contributed by atoms with Gasteiger partial charge in [-0.05, 0) is 49.6 Å². The molecule has 0 aliphatic carbocycles. The maximum atomic E-state index is 11.4. The van der Waals surface area contributed by atoms with E-state index in [4.69, 9.17) is 4.74 Å². The summed E-state index contributed by atoms with van der Waals surface area (Å²) in [5.41, 5.74) is 3.62. The van der Waals surface area contributed by atoms with Crippen molar-refractivity contribution in [3.05, 3.63) is 59.7 Å². The molecule has 0 spiro atoms. The molecule has 27 heavy (non-hydrogen) atoms. The second-order valence-electron chi connectivity index (χ2n) is 7.20. The number of nitrogens with zero attached hydrogens (tertiary/aromatic N) is 2. The number of aryl methyl sites for hydroxylation is 1. The summed E-state index contributed by atoms with van der Waals surface area (Å²) in [7, 11) is 1.65. The van der Waals surface area contributed by atoms with Gasteiger partial charge in [0.05, 0.1) is 13.7 Å². The van der Waals surface area contributed by atoms with Gasteiger partial charge in [-0.1, -0.05) is 29.8 Å². The molecule has 0 bridgehead atoms. The summed E-state index contributed by atoms with van der Waals surface area (Å²) < 4.78 is 5.20. The molecule has 5 nitrogen and oxygen atoms in total. The first-order chi connectivity index (χ1) is 13.0. The van der Waals surface area contributed by atoms with Crippen molar-refractivity contribution in [3.8, 4) is 5.75 Å². The quantitative estimate of drug-likeness (QED) is 0.810. The number of benzene rings is 2. The minimum atomic E-state index is -0.774. The van der Waals surface area contributed by atoms with Gasteiger partial charge in [0.1, 0.15) is 5.75 Å². The first-order valence-electron chi connectivity index (χ1n) is 9.45. The van der Waals surface area contributed by atoms with Gasteiger partial charge in [-0.2, -0.15) is 0 Å². The number of piperidine rings is 1. The number of methoxy groups -OCH3 is 1. The number of rotatable bonds is 7. The monoisotopic (exact) mass is 368 g/mol. The van der Waals surface area contributed by atoms with Crippen LogP contribution in [-0.4, -0.2) is 48.8 Å². The Kier molecular flexibility index (Phi) is 6.35. The normalized spacial score (nSPS) is 15.1. The van der Waals surface area contributed by atoms with E-state index in [1.165, 1.54) is 11.3 Å². The summed E-state index contributed by atoms with van der Waals surface area (Å²) in [4.78, 5) is 15.9. The lowest BCUT2D eigenvalue weighted by molar-refractivity contribution is -0.139. The highest BCUT2D eigenvalue weighted by Crippen LogP contribution is 2.24. The van der Waals surface area contributed by atoms with E-state index in [2.05, 4.69) is 41.0 Å². The molecular weight excluding hydrogens is 340 g/mol. The third-order valence-corrected chi connectivity index (χ3v) is 5.26. The number of ether oxygens (including phenoxy) is 1. The molecule has 1 aliphatic rings. The van der Waals surface area contributed by atoms with E-state index in [1.807, 2.05) is 24.3 Å². The van der Waals surface area contributed by atoms with Gasteiger partial charge in [0.15, 0.2) is 0 Å². The third kappa shape index (κ3) is 5.23. The van der Waals surface area contributed by atoms with Crippen LogP contribution in [0.15, 0.2) is 48.5 Å². The van der Waals surface area contributed by atoms with E-state index in [0.717, 1.165) is 37.2 Å². The number of carboxylic acids is 1. The second-order valence-corrected chi connectivity index (χ2v) is 7.20. The van der Waals surface area contributed by atoms with Crippen LogP contribution in [-0.2, 0) is 11.3 Å². The zero-order valence-electron chi connectivity index (χ0n) is 16.1. The van der Waals surface area contributed by atoms with E-state index in [9.17, 15) is 9.90 Å². The van der Waals surface area contributed by atoms with E-state index in [1.54, 1.807) is 7.11 Å². The van der Waals surface area contributed by atoms with Crippen LogP contribution in [0.5, 0.6) is 5.75 Å². The molecule has 144 valence electrons. The SMILES string of the molecule is COc1ccc(CN(CC(=O)O)C2CCN(c3ccc(C)cc3)CC2)cc1. The fraction of sp³-hybridized carbons (Fsp3) is 0.409. The van der Waals surface area contributed by atoms with Gasteiger partial charge in [-0.25, -0.2) is 0 Å². The molecule has 0 atom stereocenters. The van der Waals surface area contributed by atoms with Crippen molar-refractivity contribution in [2.24, 2.45) is 0 Å². The Balaban J connectivity index is 1.63. The average molecular weight is 368 g/mol. The molecule has 0 radical (unpaired) electrons. The van der Waals surface area contributed by atoms with Gasteiger partial charge < -0.3 is 14.7 Å². The van der Waals surface area contributed by atoms with E-state index >= 15 is 0 Å². The summed E-state index contributed by atoms with van der Waals surface area (Å²) in [5, 5.41) is 9.36. The van der Waals surface area contributed by atoms with Crippen LogP contribution in [0, 0.1) is 6.92 Å². The Morgan fingerprint density at radius 2 is 1.74 bits per heavy atom. The summed E-state index contributed by atoms with van der Waals surface area (Å²) in [6.45, 7) is 4.71. The molecule has 0 unspecified atom stereocenters. The maximum Gasteiger partial charge on any atom is 0.317 e. The summed E-state index contributed by atoms with van der Waals surface area (Å²) >= 11 is 0. The van der Waals surface area contributed by atoms with Crippen molar-refractivity contribution in [2.75, 3.05) is 31.6 Å². The van der Waals surface area contributed by atoms with Crippen molar-refractivity contribution in [1.29, 1.82) is 0 Å². The predicted octanol–water partition coefficient (Wildman–Crippen LogP) is 3.56. The van der Waals surface area contributed by atoms with Crippen molar-refractivity contribution in [1.82, 2.24) is 4.90 Å². The lowest BCUT2D eigenvalue weighted by Crippen LogP contribution is -2.46. The van der Waals surface area contributed by atoms with Gasteiger partial charge >= 0.3 is 5.97 Å². The van der Waals surface area contributed by atoms with Crippen LogP contribution in [0.2, 0.25) is 0 Å². The summed E-state index contributed by atoms with van der Waals surface area (Å²) in [6.07, 6.45) is 1.94. The molecule has 1 fully saturated rings. The molecule has 1 heterocycles. The summed E-state index contributed by atoms with van der Waals surface area (Å²) in [5.74, 6) is 0.0411. The van der Waals surface area contributed by atoms with E-state index in [0.29, 0.717) is 6.54 Å². The molecular formula is C22H28N2O3. The first kappa shape index (κ1) is 19.2. The van der Waals surface area contributed by atoms with Crippen LogP contribution in [0.4, 0.5) is 5.69 Å². The average Bonchev–Trinajstić information content (AvgIpc) is 2.68. The number of hydrogen-bond donors (Lipinski definition) is 1. The highest BCUT2D eigenvalue weighted by molar-refractivity contribution is 5.69. The van der Waals surface area contributed by atoms with Crippen molar-refractivity contribution < 1.29 is 14.6 Å². The topological polar surface area (TPSA) is 53.0 Å². The first-order valence-corrected chi connectivity index (χ1v) is 9.45. The third-order valence-electron chi connectivity index (χ3n) is 5.26. The Labute approximate surface area is 161 Å². The van der Waals surface area contributed by atoms with Gasteiger partial charge in [0.25, 0.3) is 0 Å².